The Morgan fingerprint density at radius 1 is 1.22 bits per heavy atom. The number of amides is 2. The molecule has 19 heteroatoms. The molecule has 1 unspecified atom stereocenters. The maximum atomic E-state index is 15.2. The van der Waals surface area contributed by atoms with Crippen LogP contribution in [-0.2, 0) is 14.3 Å². The van der Waals surface area contributed by atoms with E-state index in [2.05, 4.69) is 10.3 Å². The Balaban J connectivity index is 0.00000240. The van der Waals surface area contributed by atoms with Crippen LogP contribution in [0.4, 0.5) is 15.0 Å². The largest absolute Gasteiger partial charge is 1.00 e. The number of aliphatic hydroxyl groups excluding tert-OH is 1. The van der Waals surface area contributed by atoms with Gasteiger partial charge in [-0.25, -0.2) is 14.2 Å². The summed E-state index contributed by atoms with van der Waals surface area (Å²) in [6, 6.07) is 0.545. The standard InChI is InChI=1S/C27H28FN5O9S2.2Na/c1-11(34)17-22(36)33-18(25(39)40)26(44-23(17)33)43-7-6-42-27(41)29-12-4-5-31(9-12)21-16(28)8-14-19(35)15(24(37)38)10-32(13-2-3-13)20(14)30-21;;/h8,10-13,17,23,34H,2-7,9H2,1H3,(H,29,41)(H,37,38)(H,39,40);;/q;2*+1/p-2/t11-,12?,17-,23-;;/m1../s1. The van der Waals surface area contributed by atoms with Crippen molar-refractivity contribution in [2.75, 3.05) is 30.3 Å². The van der Waals surface area contributed by atoms with Gasteiger partial charge in [0.2, 0.25) is 5.91 Å². The summed E-state index contributed by atoms with van der Waals surface area (Å²) in [5, 5.41) is 35.0. The van der Waals surface area contributed by atoms with Gasteiger partial charge in [0, 0.05) is 31.1 Å². The fourth-order valence-electron chi connectivity index (χ4n) is 5.63. The number of pyridine rings is 2. The molecule has 3 aliphatic heterocycles. The number of carboxylic acids is 2. The van der Waals surface area contributed by atoms with Gasteiger partial charge in [0.05, 0.1) is 50.9 Å². The van der Waals surface area contributed by atoms with Gasteiger partial charge in [0.25, 0.3) is 0 Å². The van der Waals surface area contributed by atoms with Gasteiger partial charge in [-0.05, 0) is 32.3 Å². The van der Waals surface area contributed by atoms with Crippen molar-refractivity contribution in [2.45, 2.75) is 49.7 Å². The van der Waals surface area contributed by atoms with E-state index >= 15 is 4.39 Å². The van der Waals surface area contributed by atoms with Gasteiger partial charge < -0.3 is 44.4 Å². The third-order valence-corrected chi connectivity index (χ3v) is 10.5. The number of ether oxygens (including phenoxy) is 1. The Morgan fingerprint density at radius 2 is 1.93 bits per heavy atom. The average molecular weight is 694 g/mol. The molecule has 14 nitrogen and oxygen atoms in total. The first-order valence-electron chi connectivity index (χ1n) is 13.9. The second-order valence-corrected chi connectivity index (χ2v) is 13.4. The molecular formula is C27H26FN5Na2O9S2. The van der Waals surface area contributed by atoms with E-state index in [0.29, 0.717) is 17.2 Å². The number of carbonyl (C=O) groups excluding carboxylic acids is 4. The van der Waals surface area contributed by atoms with Crippen LogP contribution in [0, 0.1) is 11.7 Å². The second kappa shape index (κ2) is 14.7. The van der Waals surface area contributed by atoms with Crippen LogP contribution >= 0.6 is 23.5 Å². The number of aromatic nitrogens is 2. The van der Waals surface area contributed by atoms with Gasteiger partial charge in [-0.3, -0.25) is 14.5 Å². The molecule has 6 rings (SSSR count). The molecule has 234 valence electrons. The average Bonchev–Trinajstić information content (AvgIpc) is 3.61. The number of nitrogens with zero attached hydrogens (tertiary/aromatic N) is 4. The molecule has 2 aromatic heterocycles. The number of hydrogen-bond donors (Lipinski definition) is 2. The number of aliphatic carboxylic acids is 1. The molecular weight excluding hydrogens is 667 g/mol. The van der Waals surface area contributed by atoms with Crippen molar-refractivity contribution >= 4 is 64.3 Å². The summed E-state index contributed by atoms with van der Waals surface area (Å²) in [5.41, 5.74) is -1.48. The van der Waals surface area contributed by atoms with Crippen LogP contribution in [-0.4, -0.2) is 86.5 Å². The van der Waals surface area contributed by atoms with E-state index in [1.165, 1.54) is 13.1 Å². The summed E-state index contributed by atoms with van der Waals surface area (Å²) in [5.74, 6) is -4.94. The maximum Gasteiger partial charge on any atom is 1.00 e. The first-order valence-corrected chi connectivity index (χ1v) is 15.7. The summed E-state index contributed by atoms with van der Waals surface area (Å²) < 4.78 is 22.3. The smallest absolute Gasteiger partial charge is 0.545 e. The second-order valence-electron chi connectivity index (χ2n) is 10.9. The van der Waals surface area contributed by atoms with Crippen molar-refractivity contribution in [1.82, 2.24) is 19.8 Å². The van der Waals surface area contributed by atoms with Crippen LogP contribution in [0.5, 0.6) is 0 Å². The Hall–Kier alpha value is -1.83. The molecule has 4 aliphatic rings. The molecule has 5 heterocycles. The monoisotopic (exact) mass is 693 g/mol. The summed E-state index contributed by atoms with van der Waals surface area (Å²) in [6.45, 7) is 1.96. The van der Waals surface area contributed by atoms with Crippen LogP contribution in [0.3, 0.4) is 0 Å². The molecule has 0 radical (unpaired) electrons. The van der Waals surface area contributed by atoms with Gasteiger partial charge in [-0.1, -0.05) is 11.8 Å². The van der Waals surface area contributed by atoms with E-state index in [4.69, 9.17) is 4.74 Å². The Morgan fingerprint density at radius 3 is 2.57 bits per heavy atom. The number of fused-ring (bicyclic) bond motifs is 2. The molecule has 2 saturated heterocycles. The fourth-order valence-corrected chi connectivity index (χ4v) is 8.43. The molecule has 3 fully saturated rings. The summed E-state index contributed by atoms with van der Waals surface area (Å²) >= 11 is 2.25. The molecule has 0 aromatic carbocycles. The number of aliphatic hydroxyl groups is 1. The Bertz CT molecular complexity index is 1690. The van der Waals surface area contributed by atoms with Crippen molar-refractivity contribution in [2.24, 2.45) is 5.92 Å². The van der Waals surface area contributed by atoms with Crippen LogP contribution in [0.25, 0.3) is 11.0 Å². The number of aromatic carboxylic acids is 1. The van der Waals surface area contributed by atoms with E-state index in [9.17, 15) is 39.3 Å². The van der Waals surface area contributed by atoms with Crippen molar-refractivity contribution in [3.8, 4) is 0 Å². The summed E-state index contributed by atoms with van der Waals surface area (Å²) in [6.07, 6.45) is 1.55. The predicted molar refractivity (Wildman–Crippen MR) is 152 cm³/mol. The third-order valence-electron chi connectivity index (χ3n) is 7.92. The number of rotatable bonds is 10. The number of β-lactam (4-membered cyclic amide) rings is 1. The number of anilines is 1. The first-order chi connectivity index (χ1) is 21.0. The quantitative estimate of drug-likeness (QED) is 0.136. The van der Waals surface area contributed by atoms with Crippen LogP contribution in [0.2, 0.25) is 0 Å². The Kier molecular flexibility index (Phi) is 11.9. The number of carboxylic acid groups (broad SMARTS) is 2. The van der Waals surface area contributed by atoms with Crippen molar-refractivity contribution in [3.63, 3.8) is 0 Å². The molecule has 46 heavy (non-hydrogen) atoms. The van der Waals surface area contributed by atoms with Crippen LogP contribution in [0.15, 0.2) is 27.0 Å². The zero-order chi connectivity index (χ0) is 31.4. The molecule has 4 atom stereocenters. The Labute approximate surface area is 314 Å². The van der Waals surface area contributed by atoms with E-state index in [-0.39, 0.29) is 107 Å². The SMILES string of the molecule is C[C@@H](O)[C@@H]1C(=O)N2C(C(=O)[O-])=C(SCCOC(=O)NC3CCN(c4nc5c(cc4F)c(=O)c(C(=O)[O-])cn5C4CC4)C3)S[C@H]12.[Na+].[Na+]. The van der Waals surface area contributed by atoms with E-state index in [1.54, 1.807) is 9.47 Å². The first kappa shape index (κ1) is 37.0. The number of thioether (sulfide) groups is 2. The van der Waals surface area contributed by atoms with E-state index < -0.39 is 64.2 Å². The minimum absolute atomic E-state index is 0. The molecule has 2 N–H and O–H groups in total. The topological polar surface area (TPSA) is 197 Å². The maximum absolute atomic E-state index is 15.2. The number of halogens is 1. The molecule has 0 spiro atoms. The molecule has 0 bridgehead atoms. The van der Waals surface area contributed by atoms with Gasteiger partial charge in [-0.2, -0.15) is 0 Å². The number of carbonyl (C=O) groups is 4. The fraction of sp³-hybridized carbons (Fsp3) is 0.481. The van der Waals surface area contributed by atoms with Gasteiger partial charge in [0.15, 0.2) is 17.1 Å². The van der Waals surface area contributed by atoms with Gasteiger partial charge in [0.1, 0.15) is 17.6 Å². The third kappa shape index (κ3) is 6.98. The zero-order valence-corrected chi connectivity index (χ0v) is 30.8. The van der Waals surface area contributed by atoms with Crippen LogP contribution in [0.1, 0.15) is 42.6 Å². The number of alkyl carbamates (subject to hydrolysis) is 1. The molecule has 1 aliphatic carbocycles. The number of nitrogens with one attached hydrogen (secondary N) is 1. The van der Waals surface area contributed by atoms with Gasteiger partial charge >= 0.3 is 65.2 Å². The van der Waals surface area contributed by atoms with Gasteiger partial charge in [-0.15, -0.1) is 11.8 Å². The molecule has 2 amide bonds. The van der Waals surface area contributed by atoms with Crippen LogP contribution < -0.4 is 85.0 Å². The minimum atomic E-state index is -1.64. The van der Waals surface area contributed by atoms with Crippen molar-refractivity contribution in [3.05, 3.63) is 43.8 Å². The molecule has 2 aromatic rings. The van der Waals surface area contributed by atoms with Crippen molar-refractivity contribution < 1.29 is 103 Å². The van der Waals surface area contributed by atoms with E-state index in [1.807, 2.05) is 0 Å². The summed E-state index contributed by atoms with van der Waals surface area (Å²) in [4.78, 5) is 67.6. The summed E-state index contributed by atoms with van der Waals surface area (Å²) in [7, 11) is 0. The van der Waals surface area contributed by atoms with E-state index in [0.717, 1.165) is 47.3 Å². The minimum Gasteiger partial charge on any atom is -0.545 e. The predicted octanol–water partition coefficient (Wildman–Crippen LogP) is -6.89. The molecule has 1 saturated carbocycles. The zero-order valence-electron chi connectivity index (χ0n) is 25.2. The normalized spacial score (nSPS) is 22.5. The number of hydrogen-bond acceptors (Lipinski definition) is 13. The van der Waals surface area contributed by atoms with Crippen molar-refractivity contribution in [1.29, 1.82) is 0 Å².